The average Bonchev–Trinajstić information content (AvgIpc) is 2.56. The lowest BCUT2D eigenvalue weighted by Crippen LogP contribution is -2.48. The van der Waals surface area contributed by atoms with Gasteiger partial charge in [0, 0.05) is 30.3 Å². The standard InChI is InChI=1S/C20H24ClN3S/c1-15-10-16(2)12-18(11-15)22-20(25)24-9-5-8-23(14-24)13-17-6-3-4-7-19(17)21/h3-4,6-7,10-12H,5,8-9,13-14H2,1-2H3,(H,22,25). The van der Waals surface area contributed by atoms with Crippen LogP contribution in [0, 0.1) is 13.8 Å². The van der Waals surface area contributed by atoms with E-state index in [1.54, 1.807) is 0 Å². The number of hydrogen-bond donors (Lipinski definition) is 1. The number of anilines is 1. The number of nitrogens with zero attached hydrogens (tertiary/aromatic N) is 2. The fraction of sp³-hybridized carbons (Fsp3) is 0.350. The third-order valence-electron chi connectivity index (χ3n) is 4.39. The van der Waals surface area contributed by atoms with Gasteiger partial charge >= 0.3 is 0 Å². The number of benzene rings is 2. The molecule has 0 bridgehead atoms. The molecule has 3 rings (SSSR count). The SMILES string of the molecule is Cc1cc(C)cc(NC(=S)N2CCCN(Cc3ccccc3Cl)C2)c1. The Hall–Kier alpha value is -1.62. The summed E-state index contributed by atoms with van der Waals surface area (Å²) in [6.45, 7) is 7.93. The van der Waals surface area contributed by atoms with Crippen molar-refractivity contribution in [2.45, 2.75) is 26.8 Å². The maximum Gasteiger partial charge on any atom is 0.174 e. The van der Waals surface area contributed by atoms with Crippen LogP contribution in [0.5, 0.6) is 0 Å². The molecule has 0 radical (unpaired) electrons. The molecular weight excluding hydrogens is 350 g/mol. The molecule has 1 aliphatic heterocycles. The predicted molar refractivity (Wildman–Crippen MR) is 110 cm³/mol. The van der Waals surface area contributed by atoms with Crippen LogP contribution in [-0.2, 0) is 6.54 Å². The van der Waals surface area contributed by atoms with Crippen molar-refractivity contribution in [2.75, 3.05) is 25.1 Å². The van der Waals surface area contributed by atoms with Crippen LogP contribution in [0.25, 0.3) is 0 Å². The molecule has 5 heteroatoms. The van der Waals surface area contributed by atoms with Gasteiger partial charge in [-0.3, -0.25) is 4.90 Å². The van der Waals surface area contributed by atoms with E-state index < -0.39 is 0 Å². The molecule has 0 unspecified atom stereocenters. The van der Waals surface area contributed by atoms with Crippen LogP contribution in [0.2, 0.25) is 5.02 Å². The summed E-state index contributed by atoms with van der Waals surface area (Å²) in [7, 11) is 0. The Labute approximate surface area is 160 Å². The first kappa shape index (κ1) is 18.2. The minimum Gasteiger partial charge on any atom is -0.336 e. The van der Waals surface area contributed by atoms with E-state index >= 15 is 0 Å². The third-order valence-corrected chi connectivity index (χ3v) is 5.11. The maximum absolute atomic E-state index is 6.30. The predicted octanol–water partition coefficient (Wildman–Crippen LogP) is 4.82. The summed E-state index contributed by atoms with van der Waals surface area (Å²) in [6.07, 6.45) is 1.10. The number of thiocarbonyl (C=S) groups is 1. The third kappa shape index (κ3) is 4.94. The zero-order chi connectivity index (χ0) is 17.8. The minimum absolute atomic E-state index is 0.786. The number of hydrogen-bond acceptors (Lipinski definition) is 2. The lowest BCUT2D eigenvalue weighted by molar-refractivity contribution is 0.134. The van der Waals surface area contributed by atoms with Gasteiger partial charge in [0.1, 0.15) is 0 Å². The average molecular weight is 374 g/mol. The second kappa shape index (κ2) is 8.17. The summed E-state index contributed by atoms with van der Waals surface area (Å²) in [6, 6.07) is 14.5. The Morgan fingerprint density at radius 1 is 1.12 bits per heavy atom. The van der Waals surface area contributed by atoms with Crippen molar-refractivity contribution in [1.82, 2.24) is 9.80 Å². The quantitative estimate of drug-likeness (QED) is 0.777. The van der Waals surface area contributed by atoms with Crippen LogP contribution in [-0.4, -0.2) is 34.7 Å². The van der Waals surface area contributed by atoms with Crippen LogP contribution >= 0.6 is 23.8 Å². The lowest BCUT2D eigenvalue weighted by atomic mass is 10.1. The van der Waals surface area contributed by atoms with E-state index in [2.05, 4.69) is 53.2 Å². The molecule has 2 aromatic carbocycles. The highest BCUT2D eigenvalue weighted by atomic mass is 35.5. The summed E-state index contributed by atoms with van der Waals surface area (Å²) in [5.41, 5.74) is 4.71. The van der Waals surface area contributed by atoms with Gasteiger partial charge in [0.2, 0.25) is 0 Å². The Balaban J connectivity index is 1.62. The molecule has 132 valence electrons. The first-order valence-electron chi connectivity index (χ1n) is 8.61. The number of nitrogens with one attached hydrogen (secondary N) is 1. The van der Waals surface area contributed by atoms with Crippen LogP contribution < -0.4 is 5.32 Å². The molecule has 1 aliphatic rings. The van der Waals surface area contributed by atoms with Gasteiger partial charge in [-0.25, -0.2) is 0 Å². The molecule has 1 fully saturated rings. The van der Waals surface area contributed by atoms with Crippen molar-refractivity contribution in [2.24, 2.45) is 0 Å². The molecule has 0 saturated carbocycles. The first-order chi connectivity index (χ1) is 12.0. The van der Waals surface area contributed by atoms with E-state index in [-0.39, 0.29) is 0 Å². The number of rotatable bonds is 3. The van der Waals surface area contributed by atoms with Gasteiger partial charge in [-0.2, -0.15) is 0 Å². The van der Waals surface area contributed by atoms with Gasteiger partial charge in [-0.1, -0.05) is 35.9 Å². The molecule has 0 atom stereocenters. The molecule has 2 aromatic rings. The van der Waals surface area contributed by atoms with E-state index in [9.17, 15) is 0 Å². The molecule has 1 N–H and O–H groups in total. The van der Waals surface area contributed by atoms with Gasteiger partial charge in [0.05, 0.1) is 6.67 Å². The van der Waals surface area contributed by atoms with Crippen molar-refractivity contribution in [3.63, 3.8) is 0 Å². The fourth-order valence-corrected chi connectivity index (χ4v) is 3.74. The van der Waals surface area contributed by atoms with E-state index in [1.807, 2.05) is 18.2 Å². The van der Waals surface area contributed by atoms with Gasteiger partial charge in [0.15, 0.2) is 5.11 Å². The van der Waals surface area contributed by atoms with Crippen molar-refractivity contribution >= 4 is 34.6 Å². The summed E-state index contributed by atoms with van der Waals surface area (Å²) in [5.74, 6) is 0. The Morgan fingerprint density at radius 3 is 2.56 bits per heavy atom. The fourth-order valence-electron chi connectivity index (χ4n) is 3.28. The first-order valence-corrected chi connectivity index (χ1v) is 9.40. The lowest BCUT2D eigenvalue weighted by Gasteiger charge is -2.37. The van der Waals surface area contributed by atoms with E-state index in [0.29, 0.717) is 0 Å². The Morgan fingerprint density at radius 2 is 1.84 bits per heavy atom. The molecule has 1 heterocycles. The van der Waals surface area contributed by atoms with Crippen LogP contribution in [0.15, 0.2) is 42.5 Å². The van der Waals surface area contributed by atoms with Gasteiger partial charge in [-0.15, -0.1) is 0 Å². The summed E-state index contributed by atoms with van der Waals surface area (Å²) < 4.78 is 0. The Bertz CT molecular complexity index is 742. The summed E-state index contributed by atoms with van der Waals surface area (Å²) in [4.78, 5) is 4.62. The molecule has 0 spiro atoms. The zero-order valence-electron chi connectivity index (χ0n) is 14.8. The molecular formula is C20H24ClN3S. The molecule has 1 saturated heterocycles. The highest BCUT2D eigenvalue weighted by Gasteiger charge is 2.20. The minimum atomic E-state index is 0.786. The number of aryl methyl sites for hydroxylation is 2. The second-order valence-electron chi connectivity index (χ2n) is 6.71. The maximum atomic E-state index is 6.30. The van der Waals surface area contributed by atoms with E-state index in [0.717, 1.165) is 48.5 Å². The van der Waals surface area contributed by atoms with Crippen LogP contribution in [0.4, 0.5) is 5.69 Å². The summed E-state index contributed by atoms with van der Waals surface area (Å²) >= 11 is 11.9. The second-order valence-corrected chi connectivity index (χ2v) is 7.50. The normalized spacial score (nSPS) is 15.2. The molecule has 0 aromatic heterocycles. The van der Waals surface area contributed by atoms with Crippen molar-refractivity contribution in [3.8, 4) is 0 Å². The largest absolute Gasteiger partial charge is 0.336 e. The highest BCUT2D eigenvalue weighted by Crippen LogP contribution is 2.20. The van der Waals surface area contributed by atoms with Gasteiger partial charge in [0.25, 0.3) is 0 Å². The van der Waals surface area contributed by atoms with Crippen LogP contribution in [0.3, 0.4) is 0 Å². The monoisotopic (exact) mass is 373 g/mol. The summed E-state index contributed by atoms with van der Waals surface area (Å²) in [5, 5.41) is 5.01. The van der Waals surface area contributed by atoms with E-state index in [1.165, 1.54) is 16.7 Å². The molecule has 3 nitrogen and oxygen atoms in total. The van der Waals surface area contributed by atoms with Gasteiger partial charge in [-0.05, 0) is 67.4 Å². The molecule has 0 aliphatic carbocycles. The van der Waals surface area contributed by atoms with Crippen molar-refractivity contribution < 1.29 is 0 Å². The van der Waals surface area contributed by atoms with Crippen molar-refractivity contribution in [3.05, 3.63) is 64.2 Å². The Kier molecular flexibility index (Phi) is 5.94. The van der Waals surface area contributed by atoms with Crippen LogP contribution in [0.1, 0.15) is 23.1 Å². The topological polar surface area (TPSA) is 18.5 Å². The smallest absolute Gasteiger partial charge is 0.174 e. The number of halogens is 1. The highest BCUT2D eigenvalue weighted by molar-refractivity contribution is 7.80. The molecule has 0 amide bonds. The zero-order valence-corrected chi connectivity index (χ0v) is 16.3. The van der Waals surface area contributed by atoms with E-state index in [4.69, 9.17) is 23.8 Å². The van der Waals surface area contributed by atoms with Gasteiger partial charge < -0.3 is 10.2 Å². The van der Waals surface area contributed by atoms with Crippen molar-refractivity contribution in [1.29, 1.82) is 0 Å². The molecule has 25 heavy (non-hydrogen) atoms.